The van der Waals surface area contributed by atoms with Gasteiger partial charge in [0, 0.05) is 16.3 Å². The van der Waals surface area contributed by atoms with Crippen molar-refractivity contribution in [2.75, 3.05) is 17.7 Å². The summed E-state index contributed by atoms with van der Waals surface area (Å²) in [6.45, 7) is 0. The number of alkyl halides is 3. The lowest BCUT2D eigenvalue weighted by atomic mass is 10.0. The fourth-order valence-electron chi connectivity index (χ4n) is 3.37. The van der Waals surface area contributed by atoms with Crippen LogP contribution in [0.25, 0.3) is 0 Å². The highest BCUT2D eigenvalue weighted by Crippen LogP contribution is 2.45. The number of methoxy groups -OCH3 is 1. The van der Waals surface area contributed by atoms with Crippen molar-refractivity contribution >= 4 is 40.4 Å². The van der Waals surface area contributed by atoms with Gasteiger partial charge in [-0.3, -0.25) is 4.79 Å². The normalized spacial score (nSPS) is 18.4. The van der Waals surface area contributed by atoms with Gasteiger partial charge in [0.05, 0.1) is 25.0 Å². The maximum Gasteiger partial charge on any atom is 0.410 e. The molecular formula is C19H16ClF3N4O2S. The molecule has 30 heavy (non-hydrogen) atoms. The molecule has 0 radical (unpaired) electrons. The van der Waals surface area contributed by atoms with Crippen LogP contribution < -0.4 is 15.4 Å². The molecule has 1 aliphatic rings. The molecule has 2 N–H and O–H groups in total. The second kappa shape index (κ2) is 7.84. The van der Waals surface area contributed by atoms with E-state index in [2.05, 4.69) is 15.7 Å². The van der Waals surface area contributed by atoms with Gasteiger partial charge >= 0.3 is 6.18 Å². The number of hydrogen-bond acceptors (Lipinski definition) is 5. The van der Waals surface area contributed by atoms with Crippen molar-refractivity contribution in [2.24, 2.45) is 0 Å². The Kier molecular flexibility index (Phi) is 5.37. The number of carbonyl (C=O) groups excluding carboxylic acids is 1. The van der Waals surface area contributed by atoms with Crippen molar-refractivity contribution in [3.05, 3.63) is 57.4 Å². The van der Waals surface area contributed by atoms with E-state index in [1.807, 2.05) is 0 Å². The van der Waals surface area contributed by atoms with Crippen LogP contribution in [0.4, 0.5) is 24.7 Å². The van der Waals surface area contributed by atoms with Crippen LogP contribution in [0.2, 0.25) is 5.02 Å². The maximum atomic E-state index is 13.7. The number of nitrogens with one attached hydrogen (secondary N) is 2. The number of hydrogen-bond donors (Lipinski definition) is 2. The SMILES string of the molecule is COc1ccc(Cl)cc1NC(=O)c1cnn2c1N[C@@H](c1cccs1)C[C@H]2C(F)(F)F. The Hall–Kier alpha value is -2.72. The van der Waals surface area contributed by atoms with Gasteiger partial charge in [0.1, 0.15) is 17.1 Å². The summed E-state index contributed by atoms with van der Waals surface area (Å²) in [5.41, 5.74) is 0.292. The van der Waals surface area contributed by atoms with Gasteiger partial charge in [-0.1, -0.05) is 17.7 Å². The molecule has 11 heteroatoms. The number of amides is 1. The van der Waals surface area contributed by atoms with Crippen molar-refractivity contribution in [1.82, 2.24) is 9.78 Å². The lowest BCUT2D eigenvalue weighted by Crippen LogP contribution is -2.36. The molecule has 0 unspecified atom stereocenters. The zero-order valence-corrected chi connectivity index (χ0v) is 17.1. The first-order valence-electron chi connectivity index (χ1n) is 8.87. The Morgan fingerprint density at radius 2 is 2.20 bits per heavy atom. The van der Waals surface area contributed by atoms with E-state index in [4.69, 9.17) is 16.3 Å². The highest BCUT2D eigenvalue weighted by Gasteiger charge is 2.47. The predicted octanol–water partition coefficient (Wildman–Crippen LogP) is 5.52. The van der Waals surface area contributed by atoms with Crippen LogP contribution in [-0.2, 0) is 0 Å². The van der Waals surface area contributed by atoms with Crippen molar-refractivity contribution in [3.8, 4) is 5.75 Å². The smallest absolute Gasteiger partial charge is 0.410 e. The van der Waals surface area contributed by atoms with Crippen LogP contribution in [-0.4, -0.2) is 29.0 Å². The molecule has 6 nitrogen and oxygen atoms in total. The first-order chi connectivity index (χ1) is 14.3. The number of carbonyl (C=O) groups is 1. The molecule has 4 rings (SSSR count). The molecule has 158 valence electrons. The number of fused-ring (bicyclic) bond motifs is 1. The number of ether oxygens (including phenoxy) is 1. The second-order valence-electron chi connectivity index (χ2n) is 6.66. The number of thiophene rings is 1. The minimum absolute atomic E-state index is 0.00691. The Balaban J connectivity index is 1.69. The summed E-state index contributed by atoms with van der Waals surface area (Å²) in [6, 6.07) is 5.77. The van der Waals surface area contributed by atoms with Gasteiger partial charge in [-0.15, -0.1) is 11.3 Å². The lowest BCUT2D eigenvalue weighted by Gasteiger charge is -2.33. The first-order valence-corrected chi connectivity index (χ1v) is 10.1. The fourth-order valence-corrected chi connectivity index (χ4v) is 4.34. The van der Waals surface area contributed by atoms with Gasteiger partial charge in [0.25, 0.3) is 5.91 Å². The third-order valence-electron chi connectivity index (χ3n) is 4.78. The second-order valence-corrected chi connectivity index (χ2v) is 8.07. The van der Waals surface area contributed by atoms with Crippen LogP contribution in [0.15, 0.2) is 41.9 Å². The number of anilines is 2. The summed E-state index contributed by atoms with van der Waals surface area (Å²) in [5.74, 6) is -0.246. The Labute approximate surface area is 178 Å². The number of halogens is 4. The standard InChI is InChI=1S/C19H16ClF3N4O2S/c1-29-14-5-4-10(20)7-12(14)26-18(28)11-9-24-27-16(19(21,22)23)8-13(25-17(11)27)15-3-2-6-30-15/h2-7,9,13,16,25H,8H2,1H3,(H,26,28)/t13-,16+/m1/s1. The largest absolute Gasteiger partial charge is 0.495 e. The highest BCUT2D eigenvalue weighted by atomic mass is 35.5. The maximum absolute atomic E-state index is 13.7. The number of aromatic nitrogens is 2. The summed E-state index contributed by atoms with van der Waals surface area (Å²) >= 11 is 7.34. The molecule has 2 atom stereocenters. The molecule has 0 spiro atoms. The van der Waals surface area contributed by atoms with E-state index in [1.54, 1.807) is 29.6 Å². The number of rotatable bonds is 4. The monoisotopic (exact) mass is 456 g/mol. The quantitative estimate of drug-likeness (QED) is 0.542. The zero-order valence-electron chi connectivity index (χ0n) is 15.5. The number of nitrogens with zero attached hydrogens (tertiary/aromatic N) is 2. The van der Waals surface area contributed by atoms with E-state index in [-0.39, 0.29) is 17.8 Å². The predicted molar refractivity (Wildman–Crippen MR) is 109 cm³/mol. The van der Waals surface area contributed by atoms with Gasteiger partial charge in [-0.25, -0.2) is 4.68 Å². The summed E-state index contributed by atoms with van der Waals surface area (Å²) in [6.07, 6.45) is -3.60. The minimum atomic E-state index is -4.51. The molecule has 0 fully saturated rings. The van der Waals surface area contributed by atoms with Gasteiger partial charge in [-0.05, 0) is 29.6 Å². The van der Waals surface area contributed by atoms with Crippen LogP contribution in [0.3, 0.4) is 0 Å². The summed E-state index contributed by atoms with van der Waals surface area (Å²) < 4.78 is 47.2. The Morgan fingerprint density at radius 1 is 1.40 bits per heavy atom. The molecular weight excluding hydrogens is 441 g/mol. The van der Waals surface area contributed by atoms with E-state index >= 15 is 0 Å². The molecule has 1 aliphatic heterocycles. The van der Waals surface area contributed by atoms with Crippen molar-refractivity contribution < 1.29 is 22.7 Å². The molecule has 2 aromatic heterocycles. The Bertz CT molecular complexity index is 1070. The molecule has 0 saturated carbocycles. The summed E-state index contributed by atoms with van der Waals surface area (Å²) in [7, 11) is 1.43. The molecule has 3 aromatic rings. The van der Waals surface area contributed by atoms with Crippen LogP contribution >= 0.6 is 22.9 Å². The topological polar surface area (TPSA) is 68.2 Å². The molecule has 1 aromatic carbocycles. The van der Waals surface area contributed by atoms with Crippen molar-refractivity contribution in [3.63, 3.8) is 0 Å². The van der Waals surface area contributed by atoms with Crippen molar-refractivity contribution in [1.29, 1.82) is 0 Å². The number of benzene rings is 1. The molecule has 1 amide bonds. The van der Waals surface area contributed by atoms with Crippen LogP contribution in [0.1, 0.15) is 33.7 Å². The molecule has 0 saturated heterocycles. The average molecular weight is 457 g/mol. The molecule has 0 bridgehead atoms. The summed E-state index contributed by atoms with van der Waals surface area (Å²) in [5, 5.41) is 11.7. The average Bonchev–Trinajstić information content (AvgIpc) is 3.36. The zero-order chi connectivity index (χ0) is 21.5. The van der Waals surface area contributed by atoms with E-state index < -0.39 is 24.2 Å². The minimum Gasteiger partial charge on any atom is -0.495 e. The van der Waals surface area contributed by atoms with E-state index in [1.165, 1.54) is 24.5 Å². The van der Waals surface area contributed by atoms with Crippen LogP contribution in [0, 0.1) is 0 Å². The van der Waals surface area contributed by atoms with Gasteiger partial charge in [0.15, 0.2) is 6.04 Å². The van der Waals surface area contributed by atoms with Gasteiger partial charge in [0.2, 0.25) is 0 Å². The Morgan fingerprint density at radius 3 is 2.87 bits per heavy atom. The lowest BCUT2D eigenvalue weighted by molar-refractivity contribution is -0.173. The van der Waals surface area contributed by atoms with Crippen LogP contribution in [0.5, 0.6) is 5.75 Å². The van der Waals surface area contributed by atoms with Gasteiger partial charge < -0.3 is 15.4 Å². The van der Waals surface area contributed by atoms with E-state index in [9.17, 15) is 18.0 Å². The third-order valence-corrected chi connectivity index (χ3v) is 6.00. The highest BCUT2D eigenvalue weighted by molar-refractivity contribution is 7.10. The van der Waals surface area contributed by atoms with E-state index in [0.29, 0.717) is 16.5 Å². The molecule has 0 aliphatic carbocycles. The first kappa shape index (κ1) is 20.5. The van der Waals surface area contributed by atoms with E-state index in [0.717, 1.165) is 15.8 Å². The fraction of sp³-hybridized carbons (Fsp3) is 0.263. The van der Waals surface area contributed by atoms with Crippen molar-refractivity contribution in [2.45, 2.75) is 24.7 Å². The molecule has 3 heterocycles. The third kappa shape index (κ3) is 3.84. The summed E-state index contributed by atoms with van der Waals surface area (Å²) in [4.78, 5) is 13.6. The van der Waals surface area contributed by atoms with Gasteiger partial charge in [-0.2, -0.15) is 18.3 Å².